The molecule has 4 rings (SSSR count). The predicted molar refractivity (Wildman–Crippen MR) is 111 cm³/mol. The number of anilines is 1. The molecule has 0 fully saturated rings. The van der Waals surface area contributed by atoms with Crippen LogP contribution in [0.1, 0.15) is 24.9 Å². The van der Waals surface area contributed by atoms with Crippen molar-refractivity contribution in [3.8, 4) is 11.5 Å². The summed E-state index contributed by atoms with van der Waals surface area (Å²) in [5, 5.41) is 10.6. The number of benzene rings is 2. The van der Waals surface area contributed by atoms with Gasteiger partial charge in [0, 0.05) is 6.42 Å². The number of nitrogens with one attached hydrogen (secondary N) is 1. The van der Waals surface area contributed by atoms with E-state index in [1.807, 2.05) is 24.3 Å². The molecule has 0 aliphatic carbocycles. The molecule has 1 atom stereocenters. The van der Waals surface area contributed by atoms with Crippen LogP contribution in [0.3, 0.4) is 0 Å². The highest BCUT2D eigenvalue weighted by Crippen LogP contribution is 2.42. The van der Waals surface area contributed by atoms with Gasteiger partial charge in [0.15, 0.2) is 23.0 Å². The van der Waals surface area contributed by atoms with Crippen molar-refractivity contribution in [1.82, 2.24) is 9.97 Å². The van der Waals surface area contributed by atoms with Crippen LogP contribution in [0, 0.1) is 0 Å². The van der Waals surface area contributed by atoms with Gasteiger partial charge in [0.25, 0.3) is 5.91 Å². The van der Waals surface area contributed by atoms with Crippen molar-refractivity contribution in [1.29, 1.82) is 0 Å². The molecule has 0 saturated carbocycles. The van der Waals surface area contributed by atoms with E-state index in [-0.39, 0.29) is 23.7 Å². The first-order valence-electron chi connectivity index (χ1n) is 9.46. The van der Waals surface area contributed by atoms with Crippen LogP contribution in [-0.4, -0.2) is 41.0 Å². The van der Waals surface area contributed by atoms with Crippen LogP contribution >= 0.6 is 0 Å². The minimum absolute atomic E-state index is 0.0372. The summed E-state index contributed by atoms with van der Waals surface area (Å²) < 4.78 is 10.7. The number of amides is 1. The van der Waals surface area contributed by atoms with Gasteiger partial charge in [0.1, 0.15) is 0 Å². The first kappa shape index (κ1) is 19.5. The Balaban J connectivity index is 1.90. The van der Waals surface area contributed by atoms with Gasteiger partial charge in [-0.05, 0) is 29.8 Å². The van der Waals surface area contributed by atoms with Crippen molar-refractivity contribution in [3.63, 3.8) is 0 Å². The summed E-state index contributed by atoms with van der Waals surface area (Å²) >= 11 is 0. The van der Waals surface area contributed by atoms with Crippen molar-refractivity contribution in [2.24, 2.45) is 0 Å². The Hall–Kier alpha value is -3.81. The summed E-state index contributed by atoms with van der Waals surface area (Å²) in [5.41, 5.74) is 2.03. The van der Waals surface area contributed by atoms with Gasteiger partial charge >= 0.3 is 0 Å². The molecule has 8 nitrogen and oxygen atoms in total. The lowest BCUT2D eigenvalue weighted by Crippen LogP contribution is -2.32. The number of H-pyrrole nitrogens is 1. The number of aromatic nitrogens is 2. The summed E-state index contributed by atoms with van der Waals surface area (Å²) in [7, 11) is 3.03. The molecule has 1 aliphatic rings. The van der Waals surface area contributed by atoms with E-state index in [9.17, 15) is 14.7 Å². The quantitative estimate of drug-likeness (QED) is 0.648. The van der Waals surface area contributed by atoms with Gasteiger partial charge in [-0.2, -0.15) is 0 Å². The average molecular weight is 407 g/mol. The second-order valence-corrected chi connectivity index (χ2v) is 6.81. The van der Waals surface area contributed by atoms with Crippen molar-refractivity contribution in [2.75, 3.05) is 19.1 Å². The molecule has 154 valence electrons. The second-order valence-electron chi connectivity index (χ2n) is 6.81. The fourth-order valence-electron chi connectivity index (χ4n) is 3.69. The van der Waals surface area contributed by atoms with Gasteiger partial charge in [0.05, 0.1) is 36.9 Å². The fraction of sp³-hybridized carbons (Fsp3) is 0.227. The third-order valence-corrected chi connectivity index (χ3v) is 5.16. The molecule has 3 aromatic rings. The highest BCUT2D eigenvalue weighted by atomic mass is 16.5. The number of imidazole rings is 1. The number of para-hydroxylation sites is 2. The maximum Gasteiger partial charge on any atom is 0.296 e. The van der Waals surface area contributed by atoms with Crippen LogP contribution in [0.25, 0.3) is 11.0 Å². The molecular formula is C22H21N3O5. The standard InChI is InChI=1S/C22H21N3O5/c1-4-15(26)18-19(12-9-10-16(29-2)17(11-12)30-3)25(21(28)20(18)27)22-23-13-7-5-6-8-14(13)24-22/h5-11,19,27H,4H2,1-3H3,(H,23,24). The SMILES string of the molecule is CCC(=O)C1=C(O)C(=O)N(c2nc3ccccc3[nH]2)C1c1ccc(OC)c(OC)c1. The molecule has 2 heterocycles. The summed E-state index contributed by atoms with van der Waals surface area (Å²) in [6, 6.07) is 11.6. The predicted octanol–water partition coefficient (Wildman–Crippen LogP) is 3.46. The van der Waals surface area contributed by atoms with E-state index in [1.165, 1.54) is 19.1 Å². The molecule has 0 saturated heterocycles. The molecule has 2 N–H and O–H groups in total. The van der Waals surface area contributed by atoms with Crippen LogP contribution < -0.4 is 14.4 Å². The highest BCUT2D eigenvalue weighted by Gasteiger charge is 2.45. The smallest absolute Gasteiger partial charge is 0.296 e. The minimum Gasteiger partial charge on any atom is -0.503 e. The van der Waals surface area contributed by atoms with Crippen LogP contribution in [0.15, 0.2) is 53.8 Å². The minimum atomic E-state index is -0.856. The number of fused-ring (bicyclic) bond motifs is 1. The third-order valence-electron chi connectivity index (χ3n) is 5.16. The maximum atomic E-state index is 13.0. The molecule has 2 aromatic carbocycles. The summed E-state index contributed by atoms with van der Waals surface area (Å²) in [4.78, 5) is 34.6. The topological polar surface area (TPSA) is 105 Å². The Labute approximate surface area is 172 Å². The monoisotopic (exact) mass is 407 g/mol. The molecule has 0 bridgehead atoms. The number of aliphatic hydroxyl groups excluding tert-OH is 1. The number of ketones is 1. The number of nitrogens with zero attached hydrogens (tertiary/aromatic N) is 2. The first-order valence-corrected chi connectivity index (χ1v) is 9.46. The zero-order chi connectivity index (χ0) is 21.4. The van der Waals surface area contributed by atoms with Crippen LogP contribution in [0.5, 0.6) is 11.5 Å². The first-order chi connectivity index (χ1) is 14.5. The number of carbonyl (C=O) groups is 2. The van der Waals surface area contributed by atoms with E-state index in [2.05, 4.69) is 9.97 Å². The number of aliphatic hydroxyl groups is 1. The molecule has 0 radical (unpaired) electrons. The Morgan fingerprint density at radius 1 is 1.17 bits per heavy atom. The molecule has 30 heavy (non-hydrogen) atoms. The maximum absolute atomic E-state index is 13.0. The number of hydrogen-bond donors (Lipinski definition) is 2. The molecule has 0 spiro atoms. The van der Waals surface area contributed by atoms with Gasteiger partial charge < -0.3 is 19.6 Å². The summed E-state index contributed by atoms with van der Waals surface area (Å²) in [6.45, 7) is 1.68. The third kappa shape index (κ3) is 2.97. The van der Waals surface area contributed by atoms with Crippen molar-refractivity contribution in [2.45, 2.75) is 19.4 Å². The highest BCUT2D eigenvalue weighted by molar-refractivity contribution is 6.16. The Morgan fingerprint density at radius 3 is 2.57 bits per heavy atom. The van der Waals surface area contributed by atoms with Gasteiger partial charge in [-0.25, -0.2) is 4.98 Å². The summed E-state index contributed by atoms with van der Waals surface area (Å²) in [5.74, 6) is -0.377. The number of ether oxygens (including phenoxy) is 2. The fourth-order valence-corrected chi connectivity index (χ4v) is 3.69. The molecule has 8 heteroatoms. The lowest BCUT2D eigenvalue weighted by atomic mass is 9.95. The van der Waals surface area contributed by atoms with Crippen LogP contribution in [-0.2, 0) is 9.59 Å². The van der Waals surface area contributed by atoms with Crippen LogP contribution in [0.4, 0.5) is 5.95 Å². The molecule has 1 aromatic heterocycles. The second kappa shape index (κ2) is 7.55. The molecule has 1 unspecified atom stereocenters. The Morgan fingerprint density at radius 2 is 1.90 bits per heavy atom. The number of hydrogen-bond acceptors (Lipinski definition) is 6. The lowest BCUT2D eigenvalue weighted by Gasteiger charge is -2.25. The van der Waals surface area contributed by atoms with Gasteiger partial charge in [0.2, 0.25) is 5.95 Å². The van der Waals surface area contributed by atoms with Crippen molar-refractivity contribution < 1.29 is 24.2 Å². The Bertz CT molecular complexity index is 1150. The number of aromatic amines is 1. The average Bonchev–Trinajstić information content (AvgIpc) is 3.31. The largest absolute Gasteiger partial charge is 0.503 e. The van der Waals surface area contributed by atoms with E-state index < -0.39 is 17.7 Å². The number of Topliss-reactive ketones (excluding diaryl/α,β-unsaturated/α-hetero) is 1. The lowest BCUT2D eigenvalue weighted by molar-refractivity contribution is -0.118. The van der Waals surface area contributed by atoms with Crippen molar-refractivity contribution >= 4 is 28.7 Å². The van der Waals surface area contributed by atoms with Crippen LogP contribution in [0.2, 0.25) is 0 Å². The van der Waals surface area contributed by atoms with E-state index in [0.717, 1.165) is 5.52 Å². The molecule has 1 aliphatic heterocycles. The summed E-state index contributed by atoms with van der Waals surface area (Å²) in [6.07, 6.45) is 0.143. The zero-order valence-electron chi connectivity index (χ0n) is 16.8. The van der Waals surface area contributed by atoms with Gasteiger partial charge in [-0.15, -0.1) is 0 Å². The Kier molecular flexibility index (Phi) is 4.91. The number of rotatable bonds is 6. The molecular weight excluding hydrogens is 386 g/mol. The van der Waals surface area contributed by atoms with E-state index in [1.54, 1.807) is 25.1 Å². The van der Waals surface area contributed by atoms with E-state index in [0.29, 0.717) is 22.6 Å². The zero-order valence-corrected chi connectivity index (χ0v) is 16.8. The number of carbonyl (C=O) groups excluding carboxylic acids is 2. The molecule has 1 amide bonds. The van der Waals surface area contributed by atoms with Gasteiger partial charge in [-0.3, -0.25) is 14.5 Å². The van der Waals surface area contributed by atoms with Crippen molar-refractivity contribution in [3.05, 3.63) is 59.4 Å². The normalized spacial score (nSPS) is 16.4. The van der Waals surface area contributed by atoms with Gasteiger partial charge in [-0.1, -0.05) is 25.1 Å². The number of methoxy groups -OCH3 is 2. The van der Waals surface area contributed by atoms with E-state index in [4.69, 9.17) is 9.47 Å². The van der Waals surface area contributed by atoms with E-state index >= 15 is 0 Å².